The fourth-order valence-electron chi connectivity index (χ4n) is 1.44. The molecular formula is C13H9ClN2. The lowest BCUT2D eigenvalue weighted by molar-refractivity contribution is 1.38. The molecule has 0 aliphatic carbocycles. The zero-order chi connectivity index (χ0) is 11.4. The highest BCUT2D eigenvalue weighted by Gasteiger charge is 2.05. The van der Waals surface area contributed by atoms with Gasteiger partial charge in [-0.05, 0) is 24.3 Å². The maximum absolute atomic E-state index is 9.11. The molecule has 0 aliphatic rings. The Hall–Kier alpha value is -1.98. The fourth-order valence-corrected chi connectivity index (χ4v) is 1.68. The number of nitrogens with one attached hydrogen (secondary N) is 1. The third-order valence-electron chi connectivity index (χ3n) is 2.21. The summed E-state index contributed by atoms with van der Waals surface area (Å²) in [5.74, 6) is 0. The monoisotopic (exact) mass is 228 g/mol. The van der Waals surface area contributed by atoms with Gasteiger partial charge in [0.2, 0.25) is 0 Å². The summed E-state index contributed by atoms with van der Waals surface area (Å²) < 4.78 is 0. The van der Waals surface area contributed by atoms with Crippen molar-refractivity contribution < 1.29 is 0 Å². The Morgan fingerprint density at radius 3 is 2.69 bits per heavy atom. The number of halogens is 1. The topological polar surface area (TPSA) is 39.6 Å². The molecule has 0 bridgehead atoms. The quantitative estimate of drug-likeness (QED) is 0.782. The number of nitrogens with zero attached hydrogens (tertiary/aromatic N) is 1. The predicted molar refractivity (Wildman–Crippen MR) is 65.7 cm³/mol. The second kappa shape index (κ2) is 4.69. The molecule has 0 unspecified atom stereocenters. The molecule has 0 aliphatic heterocycles. The molecule has 1 aromatic carbocycles. The molecule has 0 amide bonds. The third-order valence-corrected chi connectivity index (χ3v) is 2.54. The summed E-state index contributed by atoms with van der Waals surface area (Å²) in [6.07, 6.45) is 3.59. The molecule has 78 valence electrons. The molecule has 2 aromatic rings. The van der Waals surface area contributed by atoms with Gasteiger partial charge in [-0.3, -0.25) is 0 Å². The van der Waals surface area contributed by atoms with E-state index in [0.29, 0.717) is 10.6 Å². The first kappa shape index (κ1) is 10.5. The Morgan fingerprint density at radius 2 is 2.06 bits per heavy atom. The highest BCUT2D eigenvalue weighted by molar-refractivity contribution is 6.32. The van der Waals surface area contributed by atoms with Gasteiger partial charge in [0.1, 0.15) is 0 Å². The van der Waals surface area contributed by atoms with Crippen LogP contribution in [-0.2, 0) is 0 Å². The summed E-state index contributed by atoms with van der Waals surface area (Å²) in [5, 5.41) is 9.70. The summed E-state index contributed by atoms with van der Waals surface area (Å²) in [7, 11) is 0. The number of aromatic nitrogens is 1. The van der Waals surface area contributed by atoms with Crippen LogP contribution in [0.2, 0.25) is 5.02 Å². The molecule has 2 rings (SSSR count). The van der Waals surface area contributed by atoms with Crippen LogP contribution < -0.4 is 0 Å². The van der Waals surface area contributed by atoms with Gasteiger partial charge in [-0.15, -0.1) is 0 Å². The van der Waals surface area contributed by atoms with Gasteiger partial charge >= 0.3 is 0 Å². The highest BCUT2D eigenvalue weighted by atomic mass is 35.5. The number of H-pyrrole nitrogens is 1. The second-order valence-electron chi connectivity index (χ2n) is 3.28. The summed E-state index contributed by atoms with van der Waals surface area (Å²) >= 11 is 6.04. The van der Waals surface area contributed by atoms with E-state index in [1.165, 1.54) is 0 Å². The number of hydrogen-bond donors (Lipinski definition) is 1. The van der Waals surface area contributed by atoms with Crippen molar-refractivity contribution in [2.45, 2.75) is 0 Å². The van der Waals surface area contributed by atoms with Crippen LogP contribution >= 0.6 is 11.6 Å². The van der Waals surface area contributed by atoms with E-state index >= 15 is 0 Å². The molecule has 0 radical (unpaired) electrons. The average Bonchev–Trinajstić information content (AvgIpc) is 2.80. The molecular weight excluding hydrogens is 220 g/mol. The van der Waals surface area contributed by atoms with Crippen molar-refractivity contribution in [1.29, 1.82) is 5.26 Å². The lowest BCUT2D eigenvalue weighted by atomic mass is 10.1. The van der Waals surface area contributed by atoms with Crippen LogP contribution in [0, 0.1) is 11.3 Å². The van der Waals surface area contributed by atoms with Crippen LogP contribution in [0.5, 0.6) is 0 Å². The number of allylic oxidation sites excluding steroid dienone is 1. The molecule has 0 fully saturated rings. The van der Waals surface area contributed by atoms with Crippen molar-refractivity contribution in [2.24, 2.45) is 0 Å². The minimum atomic E-state index is 0.549. The van der Waals surface area contributed by atoms with E-state index in [9.17, 15) is 0 Å². The Bertz CT molecular complexity index is 548. The van der Waals surface area contributed by atoms with Crippen molar-refractivity contribution in [3.63, 3.8) is 0 Å². The second-order valence-corrected chi connectivity index (χ2v) is 3.68. The number of aromatic amines is 1. The Morgan fingerprint density at radius 1 is 1.25 bits per heavy atom. The first-order valence-electron chi connectivity index (χ1n) is 4.81. The molecule has 0 saturated heterocycles. The molecule has 1 N–H and O–H groups in total. The maximum Gasteiger partial charge on any atom is 0.0999 e. The van der Waals surface area contributed by atoms with Gasteiger partial charge in [0.25, 0.3) is 0 Å². The van der Waals surface area contributed by atoms with E-state index in [1.54, 1.807) is 12.1 Å². The zero-order valence-electron chi connectivity index (χ0n) is 8.44. The Kier molecular flexibility index (Phi) is 3.09. The van der Waals surface area contributed by atoms with Crippen molar-refractivity contribution in [3.05, 3.63) is 58.9 Å². The number of nitriles is 1. The molecule has 0 saturated carbocycles. The molecule has 16 heavy (non-hydrogen) atoms. The van der Waals surface area contributed by atoms with E-state index in [0.717, 1.165) is 11.3 Å². The van der Waals surface area contributed by atoms with Gasteiger partial charge in [0.05, 0.1) is 11.6 Å². The van der Waals surface area contributed by atoms with Gasteiger partial charge in [0.15, 0.2) is 0 Å². The zero-order valence-corrected chi connectivity index (χ0v) is 9.20. The van der Waals surface area contributed by atoms with E-state index in [4.69, 9.17) is 16.9 Å². The van der Waals surface area contributed by atoms with Crippen LogP contribution in [0.3, 0.4) is 0 Å². The van der Waals surface area contributed by atoms with Gasteiger partial charge in [-0.25, -0.2) is 0 Å². The molecule has 3 heteroatoms. The largest absolute Gasteiger partial charge is 0.362 e. The first-order valence-corrected chi connectivity index (χ1v) is 5.19. The van der Waals surface area contributed by atoms with Crippen LogP contribution in [-0.4, -0.2) is 4.98 Å². The first-order chi connectivity index (χ1) is 7.81. The molecule has 0 spiro atoms. The van der Waals surface area contributed by atoms with Gasteiger partial charge in [-0.2, -0.15) is 5.26 Å². The molecule has 1 aromatic heterocycles. The van der Waals surface area contributed by atoms with Crippen molar-refractivity contribution >= 4 is 23.3 Å². The van der Waals surface area contributed by atoms with Crippen LogP contribution in [0.1, 0.15) is 11.3 Å². The van der Waals surface area contributed by atoms with Crippen LogP contribution in [0.4, 0.5) is 0 Å². The predicted octanol–water partition coefficient (Wildman–Crippen LogP) is 3.73. The summed E-state index contributed by atoms with van der Waals surface area (Å²) in [4.78, 5) is 3.02. The summed E-state index contributed by atoms with van der Waals surface area (Å²) in [5.41, 5.74) is 2.19. The molecule has 0 atom stereocenters. The Balaban J connectivity index is 2.46. The number of rotatable bonds is 2. The van der Waals surface area contributed by atoms with E-state index < -0.39 is 0 Å². The van der Waals surface area contributed by atoms with Crippen molar-refractivity contribution in [2.75, 3.05) is 0 Å². The van der Waals surface area contributed by atoms with E-state index in [1.807, 2.05) is 36.5 Å². The normalized spacial score (nSPS) is 11.1. The maximum atomic E-state index is 9.11. The molecule has 2 nitrogen and oxygen atoms in total. The average molecular weight is 229 g/mol. The van der Waals surface area contributed by atoms with Crippen LogP contribution in [0.15, 0.2) is 42.6 Å². The Labute approximate surface area is 98.8 Å². The van der Waals surface area contributed by atoms with Gasteiger partial charge in [0, 0.05) is 22.5 Å². The van der Waals surface area contributed by atoms with Crippen molar-refractivity contribution in [3.8, 4) is 6.07 Å². The standard InChI is InChI=1S/C13H9ClN2/c14-13-6-2-1-5-12(13)10(9-15)8-11-4-3-7-16-11/h1-8,16H/b10-8+. The van der Waals surface area contributed by atoms with Gasteiger partial charge < -0.3 is 4.98 Å². The molecule has 1 heterocycles. The van der Waals surface area contributed by atoms with Crippen LogP contribution in [0.25, 0.3) is 11.6 Å². The smallest absolute Gasteiger partial charge is 0.0999 e. The minimum Gasteiger partial charge on any atom is -0.362 e. The van der Waals surface area contributed by atoms with Crippen molar-refractivity contribution in [1.82, 2.24) is 4.98 Å². The van der Waals surface area contributed by atoms with E-state index in [-0.39, 0.29) is 0 Å². The minimum absolute atomic E-state index is 0.549. The third kappa shape index (κ3) is 2.16. The van der Waals surface area contributed by atoms with E-state index in [2.05, 4.69) is 11.1 Å². The highest BCUT2D eigenvalue weighted by Crippen LogP contribution is 2.24. The lowest BCUT2D eigenvalue weighted by Crippen LogP contribution is -1.83. The number of hydrogen-bond acceptors (Lipinski definition) is 1. The van der Waals surface area contributed by atoms with Gasteiger partial charge in [-0.1, -0.05) is 29.8 Å². The lowest BCUT2D eigenvalue weighted by Gasteiger charge is -2.01. The number of benzene rings is 1. The summed E-state index contributed by atoms with van der Waals surface area (Å²) in [6.45, 7) is 0. The SMILES string of the molecule is N#C/C(=C\c1ccc[nH]1)c1ccccc1Cl. The fraction of sp³-hybridized carbons (Fsp3) is 0. The summed E-state index contributed by atoms with van der Waals surface area (Å²) in [6, 6.07) is 13.2.